The van der Waals surface area contributed by atoms with Crippen LogP contribution >= 0.6 is 11.6 Å². The van der Waals surface area contributed by atoms with Gasteiger partial charge in [0.2, 0.25) is 5.82 Å². The molecule has 0 unspecified atom stereocenters. The van der Waals surface area contributed by atoms with Gasteiger partial charge >= 0.3 is 5.97 Å². The Balaban J connectivity index is 1.58. The van der Waals surface area contributed by atoms with Gasteiger partial charge in [-0.2, -0.15) is 4.98 Å². The molecule has 0 fully saturated rings. The van der Waals surface area contributed by atoms with Crippen LogP contribution < -0.4 is 4.74 Å². The molecular weight excluding hydrogens is 397 g/mol. The van der Waals surface area contributed by atoms with Crippen molar-refractivity contribution in [3.8, 4) is 5.75 Å². The van der Waals surface area contributed by atoms with E-state index in [1.165, 1.54) is 30.3 Å². The second-order valence-electron chi connectivity index (χ2n) is 5.34. The Kier molecular flexibility index (Phi) is 5.80. The summed E-state index contributed by atoms with van der Waals surface area (Å²) in [6.45, 7) is -0.450. The summed E-state index contributed by atoms with van der Waals surface area (Å²) < 4.78 is 28.1. The fourth-order valence-corrected chi connectivity index (χ4v) is 2.29. The first-order valence-corrected chi connectivity index (χ1v) is 8.11. The maximum Gasteiger partial charge on any atom is 0.345 e. The van der Waals surface area contributed by atoms with E-state index in [-0.39, 0.29) is 28.9 Å². The van der Waals surface area contributed by atoms with Crippen molar-refractivity contribution in [1.29, 1.82) is 0 Å². The first-order chi connectivity index (χ1) is 13.4. The lowest BCUT2D eigenvalue weighted by atomic mass is 10.2. The highest BCUT2D eigenvalue weighted by molar-refractivity contribution is 6.31. The Bertz CT molecular complexity index is 1010. The van der Waals surface area contributed by atoms with Crippen molar-refractivity contribution in [2.24, 2.45) is 0 Å². The number of ether oxygens (including phenoxy) is 2. The molecular formula is C17H11ClFN3O6. The van der Waals surface area contributed by atoms with Crippen LogP contribution in [0.4, 0.5) is 10.1 Å². The lowest BCUT2D eigenvalue weighted by Gasteiger charge is -2.03. The van der Waals surface area contributed by atoms with Crippen molar-refractivity contribution < 1.29 is 28.1 Å². The van der Waals surface area contributed by atoms with Gasteiger partial charge in [0.15, 0.2) is 13.2 Å². The predicted octanol–water partition coefficient (Wildman–Crippen LogP) is 3.71. The highest BCUT2D eigenvalue weighted by Crippen LogP contribution is 2.23. The van der Waals surface area contributed by atoms with Crippen LogP contribution in [0.25, 0.3) is 0 Å². The quantitative estimate of drug-likeness (QED) is 0.330. The van der Waals surface area contributed by atoms with Gasteiger partial charge in [-0.3, -0.25) is 10.1 Å². The van der Waals surface area contributed by atoms with Crippen molar-refractivity contribution in [2.45, 2.75) is 13.2 Å². The number of halogens is 2. The molecule has 1 heterocycles. The number of nitro benzene ring substituents is 1. The van der Waals surface area contributed by atoms with E-state index in [1.54, 1.807) is 0 Å². The van der Waals surface area contributed by atoms with Crippen LogP contribution in [0.15, 0.2) is 47.0 Å². The average molecular weight is 408 g/mol. The predicted molar refractivity (Wildman–Crippen MR) is 92.3 cm³/mol. The van der Waals surface area contributed by atoms with Crippen LogP contribution in [0, 0.1) is 15.9 Å². The van der Waals surface area contributed by atoms with E-state index >= 15 is 0 Å². The van der Waals surface area contributed by atoms with Crippen molar-refractivity contribution in [3.05, 3.63) is 80.7 Å². The molecule has 0 atom stereocenters. The van der Waals surface area contributed by atoms with E-state index in [0.717, 1.165) is 12.1 Å². The summed E-state index contributed by atoms with van der Waals surface area (Å²) in [4.78, 5) is 26.4. The molecule has 0 saturated carbocycles. The fraction of sp³-hybridized carbons (Fsp3) is 0.118. The third-order valence-corrected chi connectivity index (χ3v) is 3.63. The third-order valence-electron chi connectivity index (χ3n) is 3.39. The Labute approximate surface area is 161 Å². The second-order valence-corrected chi connectivity index (χ2v) is 5.78. The van der Waals surface area contributed by atoms with Crippen molar-refractivity contribution in [3.63, 3.8) is 0 Å². The highest BCUT2D eigenvalue weighted by Gasteiger charge is 2.22. The van der Waals surface area contributed by atoms with Crippen molar-refractivity contribution in [2.75, 3.05) is 0 Å². The van der Waals surface area contributed by atoms with Gasteiger partial charge in [-0.15, -0.1) is 0 Å². The summed E-state index contributed by atoms with van der Waals surface area (Å²) in [6, 6.07) is 8.90. The first-order valence-electron chi connectivity index (χ1n) is 7.73. The molecule has 9 nitrogen and oxygen atoms in total. The van der Waals surface area contributed by atoms with Gasteiger partial charge in [-0.05, 0) is 36.4 Å². The molecule has 1 aromatic heterocycles. The molecule has 11 heteroatoms. The minimum Gasteiger partial charge on any atom is -0.485 e. The molecule has 0 aliphatic carbocycles. The molecule has 2 aromatic carbocycles. The molecule has 0 radical (unpaired) electrons. The summed E-state index contributed by atoms with van der Waals surface area (Å²) in [7, 11) is 0. The monoisotopic (exact) mass is 407 g/mol. The first kappa shape index (κ1) is 19.2. The third kappa shape index (κ3) is 4.80. The maximum atomic E-state index is 12.8. The number of carbonyl (C=O) groups excluding carboxylic acids is 1. The van der Waals surface area contributed by atoms with Gasteiger partial charge in [0.25, 0.3) is 11.6 Å². The number of esters is 1. The molecule has 0 saturated heterocycles. The normalized spacial score (nSPS) is 10.5. The highest BCUT2D eigenvalue weighted by atomic mass is 35.5. The zero-order valence-electron chi connectivity index (χ0n) is 14.0. The van der Waals surface area contributed by atoms with Crippen molar-refractivity contribution in [1.82, 2.24) is 10.1 Å². The molecule has 144 valence electrons. The summed E-state index contributed by atoms with van der Waals surface area (Å²) in [5.41, 5.74) is -0.731. The molecule has 0 aliphatic rings. The number of hydrogen-bond acceptors (Lipinski definition) is 8. The van der Waals surface area contributed by atoms with Crippen LogP contribution in [0.3, 0.4) is 0 Å². The lowest BCUT2D eigenvalue weighted by molar-refractivity contribution is -0.385. The molecule has 0 bridgehead atoms. The molecule has 0 N–H and O–H groups in total. The van der Waals surface area contributed by atoms with Gasteiger partial charge in [0.1, 0.15) is 17.1 Å². The lowest BCUT2D eigenvalue weighted by Crippen LogP contribution is -2.08. The van der Waals surface area contributed by atoms with Gasteiger partial charge in [0, 0.05) is 11.1 Å². The Morgan fingerprint density at radius 3 is 2.68 bits per heavy atom. The van der Waals surface area contributed by atoms with E-state index in [1.807, 2.05) is 0 Å². The molecule has 3 rings (SSSR count). The van der Waals surface area contributed by atoms with E-state index in [2.05, 4.69) is 10.1 Å². The zero-order valence-corrected chi connectivity index (χ0v) is 14.8. The number of carbonyl (C=O) groups is 1. The molecule has 0 spiro atoms. The van der Waals surface area contributed by atoms with E-state index in [0.29, 0.717) is 5.75 Å². The molecule has 0 aliphatic heterocycles. The van der Waals surface area contributed by atoms with Crippen LogP contribution in [-0.2, 0) is 18.0 Å². The summed E-state index contributed by atoms with van der Waals surface area (Å²) in [6.07, 6.45) is 0. The minimum atomic E-state index is -0.962. The summed E-state index contributed by atoms with van der Waals surface area (Å²) in [5.74, 6) is -0.806. The Morgan fingerprint density at radius 1 is 1.21 bits per heavy atom. The van der Waals surface area contributed by atoms with Gasteiger partial charge in [-0.1, -0.05) is 16.8 Å². The molecule has 28 heavy (non-hydrogen) atoms. The van der Waals surface area contributed by atoms with Crippen molar-refractivity contribution >= 4 is 23.3 Å². The number of benzene rings is 2. The smallest absolute Gasteiger partial charge is 0.345 e. The van der Waals surface area contributed by atoms with Gasteiger partial charge in [-0.25, -0.2) is 9.18 Å². The number of nitrogens with zero attached hydrogens (tertiary/aromatic N) is 3. The fourth-order valence-electron chi connectivity index (χ4n) is 2.12. The minimum absolute atomic E-state index is 0.0317. The van der Waals surface area contributed by atoms with Crippen LogP contribution in [-0.4, -0.2) is 21.0 Å². The molecule has 0 amide bonds. The number of aromatic nitrogens is 2. The number of rotatable bonds is 7. The van der Waals surface area contributed by atoms with Gasteiger partial charge in [0.05, 0.1) is 4.92 Å². The SMILES string of the molecule is O=C(OCc1nc(COc2ccc(F)cc2)no1)c1cc(Cl)ccc1[N+](=O)[O-]. The standard InChI is InChI=1S/C17H11ClFN3O6/c18-10-1-6-14(22(24)25)13(7-10)17(23)27-9-16-20-15(21-28-16)8-26-12-4-2-11(19)3-5-12/h1-7H,8-9H2. The van der Waals surface area contributed by atoms with Crippen LogP contribution in [0.1, 0.15) is 22.1 Å². The summed E-state index contributed by atoms with van der Waals surface area (Å²) >= 11 is 5.77. The zero-order chi connectivity index (χ0) is 20.1. The topological polar surface area (TPSA) is 118 Å². The Morgan fingerprint density at radius 2 is 1.96 bits per heavy atom. The summed E-state index contributed by atoms with van der Waals surface area (Å²) in [5, 5.41) is 14.8. The Hall–Kier alpha value is -3.53. The number of nitro groups is 1. The van der Waals surface area contributed by atoms with E-state index in [9.17, 15) is 19.3 Å². The number of hydrogen-bond donors (Lipinski definition) is 0. The largest absolute Gasteiger partial charge is 0.485 e. The van der Waals surface area contributed by atoms with E-state index in [4.69, 9.17) is 25.6 Å². The maximum absolute atomic E-state index is 12.8. The van der Waals surface area contributed by atoms with Gasteiger partial charge < -0.3 is 14.0 Å². The average Bonchev–Trinajstić information content (AvgIpc) is 3.13. The van der Waals surface area contributed by atoms with E-state index < -0.39 is 29.0 Å². The molecule has 3 aromatic rings. The second kappa shape index (κ2) is 8.44. The van der Waals surface area contributed by atoms with Crippen LogP contribution in [0.5, 0.6) is 5.75 Å². The van der Waals surface area contributed by atoms with Crippen LogP contribution in [0.2, 0.25) is 5.02 Å².